The highest BCUT2D eigenvalue weighted by Gasteiger charge is 2.21. The van der Waals surface area contributed by atoms with Crippen LogP contribution in [0.5, 0.6) is 0 Å². The molecular formula is C29H24N4OS2. The molecule has 5 aromatic rings. The van der Waals surface area contributed by atoms with Crippen LogP contribution >= 0.6 is 23.5 Å². The van der Waals surface area contributed by atoms with Gasteiger partial charge in [-0.05, 0) is 48.5 Å². The summed E-state index contributed by atoms with van der Waals surface area (Å²) < 4.78 is 2.04. The molecule has 5 rings (SSSR count). The number of para-hydroxylation sites is 3. The van der Waals surface area contributed by atoms with Crippen molar-refractivity contribution in [3.05, 3.63) is 127 Å². The molecule has 1 heterocycles. The zero-order valence-electron chi connectivity index (χ0n) is 19.5. The Labute approximate surface area is 219 Å². The molecule has 0 saturated heterocycles. The Hall–Kier alpha value is -3.81. The first kappa shape index (κ1) is 23.9. The van der Waals surface area contributed by atoms with Crippen molar-refractivity contribution in [2.45, 2.75) is 15.8 Å². The zero-order chi connectivity index (χ0) is 24.6. The molecule has 1 aromatic heterocycles. The van der Waals surface area contributed by atoms with Crippen molar-refractivity contribution >= 4 is 40.8 Å². The molecule has 0 fully saturated rings. The number of rotatable bonds is 9. The number of amides is 1. The van der Waals surface area contributed by atoms with Crippen LogP contribution in [0.25, 0.3) is 5.69 Å². The quantitative estimate of drug-likeness (QED) is 0.200. The fraction of sp³-hybridized carbons (Fsp3) is 0.0690. The Morgan fingerprint density at radius 2 is 1.19 bits per heavy atom. The normalized spacial score (nSPS) is 10.8. The number of benzene rings is 4. The molecule has 0 bridgehead atoms. The van der Waals surface area contributed by atoms with Gasteiger partial charge in [0.05, 0.1) is 11.5 Å². The van der Waals surface area contributed by atoms with Crippen LogP contribution in [0.1, 0.15) is 5.82 Å². The number of aromatic nitrogens is 3. The molecule has 0 saturated carbocycles. The number of carbonyl (C=O) groups is 1. The first-order valence-corrected chi connectivity index (χ1v) is 13.5. The molecule has 7 heteroatoms. The van der Waals surface area contributed by atoms with Crippen molar-refractivity contribution in [2.24, 2.45) is 0 Å². The molecule has 0 unspecified atom stereocenters. The topological polar surface area (TPSA) is 51.0 Å². The van der Waals surface area contributed by atoms with Crippen LogP contribution in [-0.2, 0) is 10.5 Å². The summed E-state index contributed by atoms with van der Waals surface area (Å²) in [6, 6.07) is 39.7. The first-order valence-electron chi connectivity index (χ1n) is 11.5. The van der Waals surface area contributed by atoms with Crippen LogP contribution in [-0.4, -0.2) is 26.4 Å². The lowest BCUT2D eigenvalue weighted by Gasteiger charge is -2.23. The maximum absolute atomic E-state index is 13.5. The molecule has 0 spiro atoms. The molecular weight excluding hydrogens is 484 g/mol. The van der Waals surface area contributed by atoms with Gasteiger partial charge in [0.1, 0.15) is 5.82 Å². The molecule has 36 heavy (non-hydrogen) atoms. The van der Waals surface area contributed by atoms with E-state index in [9.17, 15) is 4.79 Å². The second-order valence-corrected chi connectivity index (χ2v) is 9.85. The third-order valence-corrected chi connectivity index (χ3v) is 7.35. The molecule has 0 radical (unpaired) electrons. The van der Waals surface area contributed by atoms with Crippen molar-refractivity contribution < 1.29 is 4.79 Å². The summed E-state index contributed by atoms with van der Waals surface area (Å²) in [7, 11) is 0. The van der Waals surface area contributed by atoms with Crippen molar-refractivity contribution in [3.63, 3.8) is 0 Å². The lowest BCUT2D eigenvalue weighted by molar-refractivity contribution is -0.115. The van der Waals surface area contributed by atoms with E-state index in [1.165, 1.54) is 16.7 Å². The number of hydrogen-bond donors (Lipinski definition) is 0. The SMILES string of the molecule is O=C(CSc1nnc(CSc2ccccc2)n1-c1ccccc1)N(c1ccccc1)c1ccccc1. The van der Waals surface area contributed by atoms with E-state index in [1.807, 2.05) is 114 Å². The second-order valence-electron chi connectivity index (χ2n) is 7.86. The molecule has 4 aromatic carbocycles. The van der Waals surface area contributed by atoms with Gasteiger partial charge in [0, 0.05) is 22.0 Å². The maximum Gasteiger partial charge on any atom is 0.242 e. The van der Waals surface area contributed by atoms with E-state index in [1.54, 1.807) is 16.7 Å². The van der Waals surface area contributed by atoms with E-state index in [2.05, 4.69) is 22.3 Å². The van der Waals surface area contributed by atoms with Gasteiger partial charge >= 0.3 is 0 Å². The lowest BCUT2D eigenvalue weighted by atomic mass is 10.2. The van der Waals surface area contributed by atoms with E-state index in [4.69, 9.17) is 0 Å². The third kappa shape index (κ3) is 5.70. The largest absolute Gasteiger partial charge is 0.280 e. The molecule has 0 aliphatic rings. The minimum absolute atomic E-state index is 0.0276. The average Bonchev–Trinajstić information content (AvgIpc) is 3.36. The van der Waals surface area contributed by atoms with E-state index in [0.717, 1.165) is 22.9 Å². The predicted molar refractivity (Wildman–Crippen MR) is 148 cm³/mol. The molecule has 0 atom stereocenters. The summed E-state index contributed by atoms with van der Waals surface area (Å²) in [5.74, 6) is 1.70. The van der Waals surface area contributed by atoms with Crippen molar-refractivity contribution in [1.29, 1.82) is 0 Å². The zero-order valence-corrected chi connectivity index (χ0v) is 21.1. The fourth-order valence-electron chi connectivity index (χ4n) is 3.77. The summed E-state index contributed by atoms with van der Waals surface area (Å²) in [5.41, 5.74) is 2.64. The number of anilines is 2. The van der Waals surface area contributed by atoms with Gasteiger partial charge in [0.25, 0.3) is 0 Å². The van der Waals surface area contributed by atoms with E-state index in [-0.39, 0.29) is 11.7 Å². The molecule has 178 valence electrons. The predicted octanol–water partition coefficient (Wildman–Crippen LogP) is 7.02. The van der Waals surface area contributed by atoms with Crippen LogP contribution in [0.2, 0.25) is 0 Å². The van der Waals surface area contributed by atoms with Gasteiger partial charge in [-0.1, -0.05) is 84.6 Å². The summed E-state index contributed by atoms with van der Waals surface area (Å²) in [6.07, 6.45) is 0. The average molecular weight is 509 g/mol. The molecule has 1 amide bonds. The summed E-state index contributed by atoms with van der Waals surface area (Å²) in [6.45, 7) is 0. The van der Waals surface area contributed by atoms with Gasteiger partial charge < -0.3 is 0 Å². The number of nitrogens with zero attached hydrogens (tertiary/aromatic N) is 4. The molecule has 0 aliphatic heterocycles. The number of thioether (sulfide) groups is 2. The van der Waals surface area contributed by atoms with Gasteiger partial charge in [-0.3, -0.25) is 14.3 Å². The van der Waals surface area contributed by atoms with Crippen LogP contribution in [0.4, 0.5) is 11.4 Å². The van der Waals surface area contributed by atoms with Crippen molar-refractivity contribution in [1.82, 2.24) is 14.8 Å². The van der Waals surface area contributed by atoms with Crippen molar-refractivity contribution in [3.8, 4) is 5.69 Å². The fourth-order valence-corrected chi connectivity index (χ4v) is 5.42. The van der Waals surface area contributed by atoms with Crippen LogP contribution in [0.3, 0.4) is 0 Å². The van der Waals surface area contributed by atoms with Gasteiger partial charge in [0.2, 0.25) is 5.91 Å². The maximum atomic E-state index is 13.5. The highest BCUT2D eigenvalue weighted by Crippen LogP contribution is 2.30. The van der Waals surface area contributed by atoms with E-state index < -0.39 is 0 Å². The van der Waals surface area contributed by atoms with Crippen LogP contribution in [0.15, 0.2) is 131 Å². The Kier molecular flexibility index (Phi) is 7.80. The number of carbonyl (C=O) groups excluding carboxylic acids is 1. The summed E-state index contributed by atoms with van der Waals surface area (Å²) >= 11 is 3.11. The van der Waals surface area contributed by atoms with E-state index in [0.29, 0.717) is 10.9 Å². The standard InChI is InChI=1S/C29H24N4OS2/c34-28(32(23-13-5-1-6-14-23)24-15-7-2-8-16-24)22-36-29-31-30-27(21-35-26-19-11-4-12-20-26)33(29)25-17-9-3-10-18-25/h1-20H,21-22H2. The highest BCUT2D eigenvalue weighted by molar-refractivity contribution is 7.99. The highest BCUT2D eigenvalue weighted by atomic mass is 32.2. The Morgan fingerprint density at radius 1 is 0.667 bits per heavy atom. The molecule has 0 N–H and O–H groups in total. The molecule has 5 nitrogen and oxygen atoms in total. The van der Waals surface area contributed by atoms with E-state index >= 15 is 0 Å². The Balaban J connectivity index is 1.39. The number of hydrogen-bond acceptors (Lipinski definition) is 5. The van der Waals surface area contributed by atoms with Crippen LogP contribution < -0.4 is 4.90 Å². The van der Waals surface area contributed by atoms with Crippen molar-refractivity contribution in [2.75, 3.05) is 10.7 Å². The van der Waals surface area contributed by atoms with Gasteiger partial charge in [-0.25, -0.2) is 0 Å². The second kappa shape index (κ2) is 11.7. The third-order valence-electron chi connectivity index (χ3n) is 5.43. The Morgan fingerprint density at radius 3 is 1.78 bits per heavy atom. The minimum Gasteiger partial charge on any atom is -0.280 e. The van der Waals surface area contributed by atoms with Gasteiger partial charge in [0.15, 0.2) is 5.16 Å². The molecule has 0 aliphatic carbocycles. The van der Waals surface area contributed by atoms with Gasteiger partial charge in [-0.15, -0.1) is 22.0 Å². The monoisotopic (exact) mass is 508 g/mol. The first-order chi connectivity index (χ1) is 17.8. The smallest absolute Gasteiger partial charge is 0.242 e. The van der Waals surface area contributed by atoms with Crippen LogP contribution in [0, 0.1) is 0 Å². The summed E-state index contributed by atoms with van der Waals surface area (Å²) in [4.78, 5) is 16.5. The Bertz CT molecular complexity index is 1360. The summed E-state index contributed by atoms with van der Waals surface area (Å²) in [5, 5.41) is 9.66. The minimum atomic E-state index is -0.0276. The van der Waals surface area contributed by atoms with Gasteiger partial charge in [-0.2, -0.15) is 0 Å². The lowest BCUT2D eigenvalue weighted by Crippen LogP contribution is -2.27.